The van der Waals surface area contributed by atoms with Crippen molar-refractivity contribution in [2.45, 2.75) is 46.0 Å². The van der Waals surface area contributed by atoms with Crippen LogP contribution in [0.5, 0.6) is 0 Å². The fourth-order valence-electron chi connectivity index (χ4n) is 2.59. The zero-order chi connectivity index (χ0) is 9.97. The lowest BCUT2D eigenvalue weighted by Crippen LogP contribution is -2.00. The molecule has 0 N–H and O–H groups in total. The summed E-state index contributed by atoms with van der Waals surface area (Å²) in [7, 11) is 0. The van der Waals surface area contributed by atoms with Crippen LogP contribution in [0.3, 0.4) is 0 Å². The summed E-state index contributed by atoms with van der Waals surface area (Å²) in [5.41, 5.74) is 3.82. The summed E-state index contributed by atoms with van der Waals surface area (Å²) in [5.74, 6) is 0.941. The molecule has 1 nitrogen and oxygen atoms in total. The van der Waals surface area contributed by atoms with Gasteiger partial charge in [-0.1, -0.05) is 25.7 Å². The third-order valence-electron chi connectivity index (χ3n) is 3.14. The molecule has 76 valence electrons. The van der Waals surface area contributed by atoms with Crippen molar-refractivity contribution in [1.29, 1.82) is 0 Å². The summed E-state index contributed by atoms with van der Waals surface area (Å²) in [5, 5.41) is 0. The van der Waals surface area contributed by atoms with Crippen LogP contribution in [-0.2, 0) is 6.42 Å². The Bertz CT molecular complexity index is 291. The minimum absolute atomic E-state index is 0.941. The standard InChI is InChI=1S/C13H19N/c1-10-7-13(8-11(2)14-10)9-12-5-3-4-6-12/h7-8,12H,3-6,9H2,1-2H3. The Balaban J connectivity index is 2.07. The van der Waals surface area contributed by atoms with Gasteiger partial charge in [-0.3, -0.25) is 4.98 Å². The van der Waals surface area contributed by atoms with E-state index in [1.54, 1.807) is 0 Å². The minimum atomic E-state index is 0.941. The molecule has 0 spiro atoms. The number of nitrogens with zero attached hydrogens (tertiary/aromatic N) is 1. The van der Waals surface area contributed by atoms with E-state index in [0.29, 0.717) is 0 Å². The molecule has 14 heavy (non-hydrogen) atoms. The van der Waals surface area contributed by atoms with Gasteiger partial charge in [0, 0.05) is 11.4 Å². The van der Waals surface area contributed by atoms with Crippen molar-refractivity contribution in [2.24, 2.45) is 5.92 Å². The van der Waals surface area contributed by atoms with E-state index < -0.39 is 0 Å². The van der Waals surface area contributed by atoms with E-state index in [2.05, 4.69) is 31.0 Å². The second kappa shape index (κ2) is 4.12. The van der Waals surface area contributed by atoms with Crippen LogP contribution in [0.1, 0.15) is 42.6 Å². The van der Waals surface area contributed by atoms with E-state index in [1.807, 2.05) is 0 Å². The quantitative estimate of drug-likeness (QED) is 0.694. The number of rotatable bonds is 2. The van der Waals surface area contributed by atoms with E-state index in [4.69, 9.17) is 0 Å². The van der Waals surface area contributed by atoms with E-state index in [9.17, 15) is 0 Å². The highest BCUT2D eigenvalue weighted by Gasteiger charge is 2.15. The molecular weight excluding hydrogens is 170 g/mol. The molecule has 2 rings (SSSR count). The topological polar surface area (TPSA) is 12.9 Å². The van der Waals surface area contributed by atoms with Crippen LogP contribution in [0.15, 0.2) is 12.1 Å². The maximum Gasteiger partial charge on any atom is 0.0378 e. The Morgan fingerprint density at radius 1 is 1.14 bits per heavy atom. The molecule has 0 unspecified atom stereocenters. The van der Waals surface area contributed by atoms with Crippen LogP contribution in [0, 0.1) is 19.8 Å². The average molecular weight is 189 g/mol. The summed E-state index contributed by atoms with van der Waals surface area (Å²) in [4.78, 5) is 4.41. The normalized spacial score (nSPS) is 17.6. The van der Waals surface area contributed by atoms with Crippen LogP contribution in [0.2, 0.25) is 0 Å². The number of aryl methyl sites for hydroxylation is 2. The summed E-state index contributed by atoms with van der Waals surface area (Å²) in [6.07, 6.45) is 7.01. The van der Waals surface area contributed by atoms with Gasteiger partial charge >= 0.3 is 0 Å². The molecule has 1 fully saturated rings. The largest absolute Gasteiger partial charge is 0.258 e. The molecule has 0 aromatic carbocycles. The zero-order valence-corrected chi connectivity index (χ0v) is 9.21. The SMILES string of the molecule is Cc1cc(CC2CCCC2)cc(C)n1. The van der Waals surface area contributed by atoms with E-state index in [0.717, 1.165) is 17.3 Å². The van der Waals surface area contributed by atoms with Crippen molar-refractivity contribution in [2.75, 3.05) is 0 Å². The Kier molecular flexibility index (Phi) is 2.85. The third-order valence-corrected chi connectivity index (χ3v) is 3.14. The predicted octanol–water partition coefficient (Wildman–Crippen LogP) is 3.43. The van der Waals surface area contributed by atoms with Gasteiger partial charge in [0.25, 0.3) is 0 Å². The third kappa shape index (κ3) is 2.34. The van der Waals surface area contributed by atoms with Gasteiger partial charge in [-0.05, 0) is 43.9 Å². The summed E-state index contributed by atoms with van der Waals surface area (Å²) < 4.78 is 0. The lowest BCUT2D eigenvalue weighted by Gasteiger charge is -2.09. The van der Waals surface area contributed by atoms with Crippen molar-refractivity contribution < 1.29 is 0 Å². The summed E-state index contributed by atoms with van der Waals surface area (Å²) in [6.45, 7) is 4.18. The summed E-state index contributed by atoms with van der Waals surface area (Å²) in [6, 6.07) is 4.48. The molecule has 1 heteroatoms. The first-order valence-electron chi connectivity index (χ1n) is 5.68. The zero-order valence-electron chi connectivity index (χ0n) is 9.21. The number of aromatic nitrogens is 1. The number of hydrogen-bond acceptors (Lipinski definition) is 1. The van der Waals surface area contributed by atoms with E-state index >= 15 is 0 Å². The molecule has 1 heterocycles. The van der Waals surface area contributed by atoms with Gasteiger partial charge in [0.2, 0.25) is 0 Å². The van der Waals surface area contributed by atoms with Crippen molar-refractivity contribution >= 4 is 0 Å². The van der Waals surface area contributed by atoms with Crippen molar-refractivity contribution in [3.8, 4) is 0 Å². The molecule has 0 atom stereocenters. The molecule has 1 aliphatic carbocycles. The van der Waals surface area contributed by atoms with Crippen LogP contribution in [-0.4, -0.2) is 4.98 Å². The number of pyridine rings is 1. The second-order valence-corrected chi connectivity index (χ2v) is 4.61. The molecule has 0 saturated heterocycles. The highest BCUT2D eigenvalue weighted by atomic mass is 14.7. The molecule has 1 saturated carbocycles. The maximum atomic E-state index is 4.41. The highest BCUT2D eigenvalue weighted by Crippen LogP contribution is 2.28. The second-order valence-electron chi connectivity index (χ2n) is 4.61. The minimum Gasteiger partial charge on any atom is -0.258 e. The van der Waals surface area contributed by atoms with Gasteiger partial charge in [-0.25, -0.2) is 0 Å². The summed E-state index contributed by atoms with van der Waals surface area (Å²) >= 11 is 0. The highest BCUT2D eigenvalue weighted by molar-refractivity contribution is 5.20. The Morgan fingerprint density at radius 3 is 2.29 bits per heavy atom. The fourth-order valence-corrected chi connectivity index (χ4v) is 2.59. The van der Waals surface area contributed by atoms with Gasteiger partial charge in [0.15, 0.2) is 0 Å². The molecule has 1 aromatic rings. The molecule has 0 bridgehead atoms. The van der Waals surface area contributed by atoms with Gasteiger partial charge in [-0.15, -0.1) is 0 Å². The van der Waals surface area contributed by atoms with E-state index in [-0.39, 0.29) is 0 Å². The van der Waals surface area contributed by atoms with Crippen LogP contribution in [0.25, 0.3) is 0 Å². The first kappa shape index (κ1) is 9.70. The molecule has 0 radical (unpaired) electrons. The van der Waals surface area contributed by atoms with Crippen LogP contribution < -0.4 is 0 Å². The van der Waals surface area contributed by atoms with Crippen molar-refractivity contribution in [1.82, 2.24) is 4.98 Å². The Labute approximate surface area is 86.6 Å². The molecule has 0 aliphatic heterocycles. The first-order chi connectivity index (χ1) is 6.74. The smallest absolute Gasteiger partial charge is 0.0378 e. The van der Waals surface area contributed by atoms with Crippen LogP contribution >= 0.6 is 0 Å². The number of hydrogen-bond donors (Lipinski definition) is 0. The molecule has 0 amide bonds. The predicted molar refractivity (Wildman–Crippen MR) is 59.4 cm³/mol. The van der Waals surface area contributed by atoms with Gasteiger partial charge < -0.3 is 0 Å². The first-order valence-corrected chi connectivity index (χ1v) is 5.68. The van der Waals surface area contributed by atoms with Crippen molar-refractivity contribution in [3.63, 3.8) is 0 Å². The average Bonchev–Trinajstić information content (AvgIpc) is 2.54. The van der Waals surface area contributed by atoms with Gasteiger partial charge in [0.05, 0.1) is 0 Å². The maximum absolute atomic E-state index is 4.41. The monoisotopic (exact) mass is 189 g/mol. The lowest BCUT2D eigenvalue weighted by molar-refractivity contribution is 0.546. The van der Waals surface area contributed by atoms with Crippen molar-refractivity contribution in [3.05, 3.63) is 29.1 Å². The molecule has 1 aliphatic rings. The fraction of sp³-hybridized carbons (Fsp3) is 0.615. The molecular formula is C13H19N. The van der Waals surface area contributed by atoms with Gasteiger partial charge in [0.1, 0.15) is 0 Å². The van der Waals surface area contributed by atoms with Gasteiger partial charge in [-0.2, -0.15) is 0 Å². The van der Waals surface area contributed by atoms with Crippen LogP contribution in [0.4, 0.5) is 0 Å². The van der Waals surface area contributed by atoms with E-state index in [1.165, 1.54) is 37.7 Å². The Morgan fingerprint density at radius 2 is 1.71 bits per heavy atom. The molecule has 1 aromatic heterocycles. The Hall–Kier alpha value is -0.850. The lowest BCUT2D eigenvalue weighted by atomic mass is 9.98.